The van der Waals surface area contributed by atoms with E-state index in [0.29, 0.717) is 25.6 Å². The molecule has 0 aromatic heterocycles. The number of rotatable bonds is 2. The lowest BCUT2D eigenvalue weighted by Crippen LogP contribution is -2.45. The zero-order chi connectivity index (χ0) is 12.3. The van der Waals surface area contributed by atoms with Crippen LogP contribution in [0.15, 0.2) is 0 Å². The SMILES string of the molecule is CCOC(=O)C1C[C@H](C(C)(C)C)CN(O)C1. The Hall–Kier alpha value is -0.610. The van der Waals surface area contributed by atoms with Gasteiger partial charge in [-0.25, -0.2) is 0 Å². The van der Waals surface area contributed by atoms with Crippen LogP contribution in [0.25, 0.3) is 0 Å². The van der Waals surface area contributed by atoms with Crippen molar-refractivity contribution in [2.75, 3.05) is 19.7 Å². The third-order valence-electron chi connectivity index (χ3n) is 3.28. The van der Waals surface area contributed by atoms with Gasteiger partial charge in [0.1, 0.15) is 0 Å². The van der Waals surface area contributed by atoms with Crippen LogP contribution in [0.4, 0.5) is 0 Å². The molecule has 0 aliphatic carbocycles. The maximum atomic E-state index is 11.7. The predicted octanol–water partition coefficient (Wildman–Crippen LogP) is 1.92. The molecule has 4 heteroatoms. The third-order valence-corrected chi connectivity index (χ3v) is 3.28. The van der Waals surface area contributed by atoms with E-state index in [4.69, 9.17) is 4.74 Å². The van der Waals surface area contributed by atoms with Crippen molar-refractivity contribution in [2.24, 2.45) is 17.3 Å². The summed E-state index contributed by atoms with van der Waals surface area (Å²) in [6.07, 6.45) is 0.805. The van der Waals surface area contributed by atoms with Crippen molar-refractivity contribution in [1.29, 1.82) is 0 Å². The van der Waals surface area contributed by atoms with Crippen LogP contribution in [0.5, 0.6) is 0 Å². The highest BCUT2D eigenvalue weighted by Gasteiger charge is 2.37. The third kappa shape index (κ3) is 3.46. The number of nitrogens with zero attached hydrogens (tertiary/aromatic N) is 1. The summed E-state index contributed by atoms with van der Waals surface area (Å²) >= 11 is 0. The van der Waals surface area contributed by atoms with Gasteiger partial charge in [0.05, 0.1) is 12.5 Å². The minimum absolute atomic E-state index is 0.103. The summed E-state index contributed by atoms with van der Waals surface area (Å²) in [6, 6.07) is 0. The smallest absolute Gasteiger partial charge is 0.310 e. The van der Waals surface area contributed by atoms with E-state index < -0.39 is 0 Å². The van der Waals surface area contributed by atoms with Gasteiger partial charge < -0.3 is 9.94 Å². The molecular formula is C12H23NO3. The number of carbonyl (C=O) groups is 1. The summed E-state index contributed by atoms with van der Waals surface area (Å²) in [7, 11) is 0. The molecule has 1 unspecified atom stereocenters. The quantitative estimate of drug-likeness (QED) is 0.735. The van der Waals surface area contributed by atoms with E-state index in [0.717, 1.165) is 6.42 Å². The van der Waals surface area contributed by atoms with Crippen molar-refractivity contribution in [3.05, 3.63) is 0 Å². The zero-order valence-electron chi connectivity index (χ0n) is 10.7. The lowest BCUT2D eigenvalue weighted by Gasteiger charge is -2.39. The second-order valence-electron chi connectivity index (χ2n) is 5.62. The maximum absolute atomic E-state index is 11.7. The van der Waals surface area contributed by atoms with Crippen molar-refractivity contribution in [1.82, 2.24) is 5.06 Å². The van der Waals surface area contributed by atoms with Gasteiger partial charge >= 0.3 is 5.97 Å². The fourth-order valence-electron chi connectivity index (χ4n) is 2.13. The Morgan fingerprint density at radius 1 is 1.44 bits per heavy atom. The van der Waals surface area contributed by atoms with Gasteiger partial charge in [-0.2, -0.15) is 5.06 Å². The summed E-state index contributed by atoms with van der Waals surface area (Å²) < 4.78 is 5.01. The standard InChI is InChI=1S/C12H23NO3/c1-5-16-11(14)9-6-10(12(2,3)4)8-13(15)7-9/h9-10,15H,5-8H2,1-4H3/t9?,10-/m0/s1. The van der Waals surface area contributed by atoms with Crippen LogP contribution >= 0.6 is 0 Å². The lowest BCUT2D eigenvalue weighted by molar-refractivity contribution is -0.172. The molecule has 1 fully saturated rings. The maximum Gasteiger partial charge on any atom is 0.310 e. The molecule has 4 nitrogen and oxygen atoms in total. The fourth-order valence-corrected chi connectivity index (χ4v) is 2.13. The van der Waals surface area contributed by atoms with E-state index in [2.05, 4.69) is 20.8 Å². The van der Waals surface area contributed by atoms with Gasteiger partial charge in [0.15, 0.2) is 0 Å². The van der Waals surface area contributed by atoms with Crippen molar-refractivity contribution in [3.63, 3.8) is 0 Å². The highest BCUT2D eigenvalue weighted by molar-refractivity contribution is 5.72. The van der Waals surface area contributed by atoms with Gasteiger partial charge in [-0.15, -0.1) is 0 Å². The second kappa shape index (κ2) is 5.15. The van der Waals surface area contributed by atoms with Crippen LogP contribution in [0.2, 0.25) is 0 Å². The molecule has 94 valence electrons. The van der Waals surface area contributed by atoms with E-state index in [9.17, 15) is 10.0 Å². The first-order valence-corrected chi connectivity index (χ1v) is 5.95. The van der Waals surface area contributed by atoms with E-state index >= 15 is 0 Å². The molecule has 0 saturated carbocycles. The number of carbonyl (C=O) groups excluding carboxylic acids is 1. The molecule has 0 aromatic carbocycles. The molecule has 1 aliphatic rings. The molecule has 1 aliphatic heterocycles. The Bertz CT molecular complexity index is 247. The normalized spacial score (nSPS) is 27.8. The Labute approximate surface area is 97.5 Å². The van der Waals surface area contributed by atoms with Crippen LogP contribution in [0, 0.1) is 17.3 Å². The summed E-state index contributed by atoms with van der Waals surface area (Å²) in [5.41, 5.74) is 0.103. The molecule has 2 atom stereocenters. The first-order valence-electron chi connectivity index (χ1n) is 5.95. The molecule has 0 bridgehead atoms. The predicted molar refractivity (Wildman–Crippen MR) is 61.0 cm³/mol. The molecule has 1 saturated heterocycles. The zero-order valence-corrected chi connectivity index (χ0v) is 10.7. The molecule has 1 heterocycles. The number of hydroxylamine groups is 2. The second-order valence-corrected chi connectivity index (χ2v) is 5.62. The highest BCUT2D eigenvalue weighted by Crippen LogP contribution is 2.35. The number of hydrogen-bond donors (Lipinski definition) is 1. The molecule has 0 aromatic rings. The Kier molecular flexibility index (Phi) is 4.33. The van der Waals surface area contributed by atoms with Crippen molar-refractivity contribution < 1.29 is 14.7 Å². The van der Waals surface area contributed by atoms with E-state index in [-0.39, 0.29) is 17.3 Å². The van der Waals surface area contributed by atoms with Gasteiger partial charge in [-0.05, 0) is 24.7 Å². The van der Waals surface area contributed by atoms with Gasteiger partial charge in [0, 0.05) is 13.1 Å². The topological polar surface area (TPSA) is 49.8 Å². The summed E-state index contributed by atoms with van der Waals surface area (Å²) in [5, 5.41) is 10.9. The first-order chi connectivity index (χ1) is 7.34. The minimum atomic E-state index is -0.192. The number of esters is 1. The molecule has 0 amide bonds. The largest absolute Gasteiger partial charge is 0.466 e. The lowest BCUT2D eigenvalue weighted by atomic mass is 9.74. The fraction of sp³-hybridized carbons (Fsp3) is 0.917. The van der Waals surface area contributed by atoms with Gasteiger partial charge in [-0.3, -0.25) is 4.79 Å². The van der Waals surface area contributed by atoms with Gasteiger partial charge in [-0.1, -0.05) is 20.8 Å². The van der Waals surface area contributed by atoms with Crippen LogP contribution < -0.4 is 0 Å². The number of ether oxygens (including phenoxy) is 1. The molecule has 16 heavy (non-hydrogen) atoms. The average Bonchev–Trinajstić information content (AvgIpc) is 2.16. The van der Waals surface area contributed by atoms with Gasteiger partial charge in [0.25, 0.3) is 0 Å². The Balaban J connectivity index is 2.64. The van der Waals surface area contributed by atoms with E-state index in [1.165, 1.54) is 5.06 Å². The van der Waals surface area contributed by atoms with E-state index in [1.807, 2.05) is 0 Å². The van der Waals surface area contributed by atoms with Crippen LogP contribution in [0.3, 0.4) is 0 Å². The molecule has 0 spiro atoms. The highest BCUT2D eigenvalue weighted by atomic mass is 16.5. The molecule has 1 N–H and O–H groups in total. The van der Waals surface area contributed by atoms with Crippen molar-refractivity contribution in [3.8, 4) is 0 Å². The molecule has 0 radical (unpaired) electrons. The molecular weight excluding hydrogens is 206 g/mol. The Morgan fingerprint density at radius 3 is 2.56 bits per heavy atom. The van der Waals surface area contributed by atoms with E-state index in [1.54, 1.807) is 6.92 Å². The van der Waals surface area contributed by atoms with Crippen LogP contribution in [-0.2, 0) is 9.53 Å². The number of piperidine rings is 1. The summed E-state index contributed by atoms with van der Waals surface area (Å²) in [5.74, 6) is -0.0564. The monoisotopic (exact) mass is 229 g/mol. The number of hydrogen-bond acceptors (Lipinski definition) is 4. The van der Waals surface area contributed by atoms with Crippen molar-refractivity contribution in [2.45, 2.75) is 34.1 Å². The Morgan fingerprint density at radius 2 is 2.06 bits per heavy atom. The first kappa shape index (κ1) is 13.5. The van der Waals surface area contributed by atoms with Gasteiger partial charge in [0.2, 0.25) is 0 Å². The van der Waals surface area contributed by atoms with Crippen LogP contribution in [-0.4, -0.2) is 35.9 Å². The van der Waals surface area contributed by atoms with Crippen molar-refractivity contribution >= 4 is 5.97 Å². The summed E-state index contributed by atoms with van der Waals surface area (Å²) in [4.78, 5) is 11.7. The summed E-state index contributed by atoms with van der Waals surface area (Å²) in [6.45, 7) is 9.65. The minimum Gasteiger partial charge on any atom is -0.466 e. The van der Waals surface area contributed by atoms with Crippen LogP contribution in [0.1, 0.15) is 34.1 Å². The average molecular weight is 229 g/mol. The molecule has 1 rings (SSSR count).